The summed E-state index contributed by atoms with van der Waals surface area (Å²) in [5.74, 6) is -0.489. The predicted molar refractivity (Wildman–Crippen MR) is 135 cm³/mol. The lowest BCUT2D eigenvalue weighted by Crippen LogP contribution is -2.26. The van der Waals surface area contributed by atoms with Crippen molar-refractivity contribution in [2.75, 3.05) is 11.4 Å². The first-order valence-electron chi connectivity index (χ1n) is 12.1. The highest BCUT2D eigenvalue weighted by Gasteiger charge is 2.33. The molecule has 38 heavy (non-hydrogen) atoms. The van der Waals surface area contributed by atoms with E-state index in [1.807, 2.05) is 30.3 Å². The fourth-order valence-corrected chi connectivity index (χ4v) is 4.58. The Bertz CT molecular complexity index is 1460. The summed E-state index contributed by atoms with van der Waals surface area (Å²) in [6.07, 6.45) is 2.92. The molecule has 0 spiro atoms. The number of aromatic nitrogens is 4. The Morgan fingerprint density at radius 3 is 2.74 bits per heavy atom. The maximum Gasteiger partial charge on any atom is 0.414 e. The van der Waals surface area contributed by atoms with Gasteiger partial charge in [0.15, 0.2) is 6.10 Å². The molecular weight excluding hydrogens is 491 g/mol. The van der Waals surface area contributed by atoms with Gasteiger partial charge in [-0.3, -0.25) is 9.88 Å². The second-order valence-corrected chi connectivity index (χ2v) is 9.08. The summed E-state index contributed by atoms with van der Waals surface area (Å²) in [4.78, 5) is 23.7. The van der Waals surface area contributed by atoms with E-state index in [4.69, 9.17) is 9.57 Å². The van der Waals surface area contributed by atoms with Crippen LogP contribution in [-0.2, 0) is 16.1 Å². The number of benzene rings is 2. The molecule has 1 amide bonds. The molecule has 2 aromatic carbocycles. The molecule has 0 aliphatic carbocycles. The molecule has 0 saturated carbocycles. The number of aliphatic hydroxyl groups excluding tert-OH is 1. The molecule has 10 nitrogen and oxygen atoms in total. The number of nitrogens with zero attached hydrogens (tertiary/aromatic N) is 6. The van der Waals surface area contributed by atoms with Crippen molar-refractivity contribution in [1.82, 2.24) is 20.0 Å². The van der Waals surface area contributed by atoms with E-state index in [1.54, 1.807) is 47.5 Å². The van der Waals surface area contributed by atoms with E-state index in [0.29, 0.717) is 41.2 Å². The Kier molecular flexibility index (Phi) is 6.26. The van der Waals surface area contributed by atoms with E-state index in [0.717, 1.165) is 5.56 Å². The summed E-state index contributed by atoms with van der Waals surface area (Å²) in [6.45, 7) is 0.640. The molecule has 0 radical (unpaired) electrons. The Balaban J connectivity index is 1.12. The molecule has 1 fully saturated rings. The van der Waals surface area contributed by atoms with Crippen molar-refractivity contribution in [2.45, 2.75) is 31.3 Å². The normalized spacial score (nSPS) is 19.7. The average molecular weight is 515 g/mol. The van der Waals surface area contributed by atoms with Crippen LogP contribution >= 0.6 is 0 Å². The zero-order valence-corrected chi connectivity index (χ0v) is 20.1. The number of rotatable bonds is 7. The van der Waals surface area contributed by atoms with Gasteiger partial charge in [-0.1, -0.05) is 46.8 Å². The maximum atomic E-state index is 15.1. The van der Waals surface area contributed by atoms with Crippen LogP contribution in [0.5, 0.6) is 0 Å². The molecule has 2 aliphatic heterocycles. The molecule has 1 N–H and O–H groups in total. The molecule has 2 unspecified atom stereocenters. The summed E-state index contributed by atoms with van der Waals surface area (Å²) in [6, 6.07) is 17.4. The summed E-state index contributed by atoms with van der Waals surface area (Å²) in [7, 11) is 0. The van der Waals surface area contributed by atoms with Gasteiger partial charge in [-0.05, 0) is 29.8 Å². The standard InChI is InChI=1S/C27H23FN6O4/c28-22-12-19(34-16-20(37-27(34)36)15-33-11-10-30-32-33)7-8-21(22)18-6-9-23(29-14-18)24-13-25(38-31-24)26(35)17-4-2-1-3-5-17/h1-12,14,20,25-26,35H,13,15-16H2/t20-,25?,26?/m0/s1. The fourth-order valence-electron chi connectivity index (χ4n) is 4.58. The number of pyridine rings is 1. The number of oxime groups is 1. The van der Waals surface area contributed by atoms with Gasteiger partial charge in [0.25, 0.3) is 0 Å². The van der Waals surface area contributed by atoms with Gasteiger partial charge in [-0.2, -0.15) is 0 Å². The first-order chi connectivity index (χ1) is 18.5. The van der Waals surface area contributed by atoms with Crippen LogP contribution in [-0.4, -0.2) is 55.6 Å². The fraction of sp³-hybridized carbons (Fsp3) is 0.222. The van der Waals surface area contributed by atoms with Crippen molar-refractivity contribution in [1.29, 1.82) is 0 Å². The van der Waals surface area contributed by atoms with E-state index in [-0.39, 0.29) is 6.54 Å². The predicted octanol–water partition coefficient (Wildman–Crippen LogP) is 3.73. The average Bonchev–Trinajstić information content (AvgIpc) is 3.71. The Morgan fingerprint density at radius 1 is 1.13 bits per heavy atom. The van der Waals surface area contributed by atoms with Crippen molar-refractivity contribution in [3.63, 3.8) is 0 Å². The van der Waals surface area contributed by atoms with Gasteiger partial charge in [0.1, 0.15) is 23.7 Å². The van der Waals surface area contributed by atoms with Gasteiger partial charge in [0, 0.05) is 29.9 Å². The number of halogens is 1. The van der Waals surface area contributed by atoms with Crippen LogP contribution in [0, 0.1) is 5.82 Å². The molecule has 2 aromatic heterocycles. The zero-order valence-electron chi connectivity index (χ0n) is 20.1. The van der Waals surface area contributed by atoms with Crippen molar-refractivity contribution in [3.8, 4) is 11.1 Å². The lowest BCUT2D eigenvalue weighted by Gasteiger charge is -2.16. The molecule has 4 heterocycles. The number of ether oxygens (including phenoxy) is 1. The first-order valence-corrected chi connectivity index (χ1v) is 12.1. The highest BCUT2D eigenvalue weighted by Crippen LogP contribution is 2.31. The second kappa shape index (κ2) is 10.0. The van der Waals surface area contributed by atoms with E-state index < -0.39 is 30.2 Å². The van der Waals surface area contributed by atoms with Crippen molar-refractivity contribution < 1.29 is 23.9 Å². The van der Waals surface area contributed by atoms with Gasteiger partial charge in [-0.15, -0.1) is 5.10 Å². The molecular formula is C27H23FN6O4. The van der Waals surface area contributed by atoms with Crippen LogP contribution in [0.15, 0.2) is 84.4 Å². The Labute approximate surface area is 216 Å². The van der Waals surface area contributed by atoms with Crippen molar-refractivity contribution in [2.24, 2.45) is 5.16 Å². The molecule has 11 heteroatoms. The van der Waals surface area contributed by atoms with Gasteiger partial charge in [0.05, 0.1) is 30.7 Å². The van der Waals surface area contributed by atoms with Gasteiger partial charge < -0.3 is 14.7 Å². The number of amides is 1. The van der Waals surface area contributed by atoms with Gasteiger partial charge >= 0.3 is 6.09 Å². The van der Waals surface area contributed by atoms with Gasteiger partial charge in [0.2, 0.25) is 0 Å². The summed E-state index contributed by atoms with van der Waals surface area (Å²) < 4.78 is 22.1. The Morgan fingerprint density at radius 2 is 2.00 bits per heavy atom. The number of hydrogen-bond acceptors (Lipinski definition) is 8. The minimum absolute atomic E-state index is 0.276. The lowest BCUT2D eigenvalue weighted by atomic mass is 9.99. The van der Waals surface area contributed by atoms with E-state index in [2.05, 4.69) is 20.5 Å². The lowest BCUT2D eigenvalue weighted by molar-refractivity contribution is -0.0183. The summed E-state index contributed by atoms with van der Waals surface area (Å²) >= 11 is 0. The number of cyclic esters (lactones) is 1. The zero-order chi connectivity index (χ0) is 26.1. The van der Waals surface area contributed by atoms with Gasteiger partial charge in [-0.25, -0.2) is 13.9 Å². The van der Waals surface area contributed by atoms with Crippen LogP contribution in [0.3, 0.4) is 0 Å². The minimum atomic E-state index is -0.810. The van der Waals surface area contributed by atoms with E-state index in [1.165, 1.54) is 11.0 Å². The van der Waals surface area contributed by atoms with Crippen LogP contribution in [0.25, 0.3) is 11.1 Å². The Hall–Kier alpha value is -4.64. The number of carbonyl (C=O) groups is 1. The highest BCUT2D eigenvalue weighted by molar-refractivity contribution is 6.00. The quantitative estimate of drug-likeness (QED) is 0.400. The third kappa shape index (κ3) is 4.71. The third-order valence-electron chi connectivity index (χ3n) is 6.56. The third-order valence-corrected chi connectivity index (χ3v) is 6.56. The number of anilines is 1. The molecule has 0 bridgehead atoms. The molecule has 4 aromatic rings. The van der Waals surface area contributed by atoms with E-state index >= 15 is 4.39 Å². The molecule has 2 aliphatic rings. The minimum Gasteiger partial charge on any atom is -0.442 e. The first kappa shape index (κ1) is 23.7. The number of aliphatic hydroxyl groups is 1. The molecule has 192 valence electrons. The van der Waals surface area contributed by atoms with Crippen LogP contribution in [0.4, 0.5) is 14.9 Å². The van der Waals surface area contributed by atoms with Crippen LogP contribution in [0.1, 0.15) is 23.8 Å². The number of hydrogen-bond donors (Lipinski definition) is 1. The topological polar surface area (TPSA) is 115 Å². The van der Waals surface area contributed by atoms with Crippen molar-refractivity contribution >= 4 is 17.5 Å². The SMILES string of the molecule is O=C1O[C@@H](Cn2ccnn2)CN1c1ccc(-c2ccc(C3=NOC(C(O)c4ccccc4)C3)nc2)c(F)c1. The molecule has 3 atom stereocenters. The van der Waals surface area contributed by atoms with Crippen molar-refractivity contribution in [3.05, 3.63) is 96.3 Å². The van der Waals surface area contributed by atoms with E-state index in [9.17, 15) is 9.90 Å². The van der Waals surface area contributed by atoms with Crippen LogP contribution in [0.2, 0.25) is 0 Å². The molecule has 1 saturated heterocycles. The summed E-state index contributed by atoms with van der Waals surface area (Å²) in [5.41, 5.74) is 3.28. The maximum absolute atomic E-state index is 15.1. The highest BCUT2D eigenvalue weighted by atomic mass is 19.1. The largest absolute Gasteiger partial charge is 0.442 e. The van der Waals surface area contributed by atoms with Crippen LogP contribution < -0.4 is 4.90 Å². The monoisotopic (exact) mass is 514 g/mol. The smallest absolute Gasteiger partial charge is 0.414 e. The summed E-state index contributed by atoms with van der Waals surface area (Å²) in [5, 5.41) is 22.3. The second-order valence-electron chi connectivity index (χ2n) is 9.08. The molecule has 6 rings (SSSR count). The number of carbonyl (C=O) groups excluding carboxylic acids is 1.